The predicted octanol–water partition coefficient (Wildman–Crippen LogP) is 1.08. The Hall–Kier alpha value is -1.93. The van der Waals surface area contributed by atoms with Crippen LogP contribution in [0.1, 0.15) is 13.3 Å². The molecule has 2 aromatic rings. The average Bonchev–Trinajstić information content (AvgIpc) is 2.95. The number of benzene rings is 1. The molecular weight excluding hydrogens is 330 g/mol. The number of carbonyl (C=O) groups excluding carboxylic acids is 1. The summed E-state index contributed by atoms with van der Waals surface area (Å²) in [7, 11) is -3.52. The van der Waals surface area contributed by atoms with Gasteiger partial charge in [-0.3, -0.25) is 4.79 Å². The number of para-hydroxylation sites is 2. The molecule has 0 unspecified atom stereocenters. The smallest absolute Gasteiger partial charge is 0.242 e. The van der Waals surface area contributed by atoms with Crippen LogP contribution < -0.4 is 0 Å². The molecule has 8 heteroatoms. The summed E-state index contributed by atoms with van der Waals surface area (Å²) in [6.07, 6.45) is 0.503. The van der Waals surface area contributed by atoms with Gasteiger partial charge in [0.25, 0.3) is 0 Å². The van der Waals surface area contributed by atoms with Gasteiger partial charge in [0.05, 0.1) is 30.0 Å². The number of morpholine rings is 1. The van der Waals surface area contributed by atoms with Gasteiger partial charge < -0.3 is 14.2 Å². The maximum Gasteiger partial charge on any atom is 0.242 e. The number of ether oxygens (including phenoxy) is 1. The van der Waals surface area contributed by atoms with Crippen LogP contribution in [0.3, 0.4) is 0 Å². The zero-order valence-corrected chi connectivity index (χ0v) is 14.5. The lowest BCUT2D eigenvalue weighted by atomic mass is 10.3. The number of sulfone groups is 1. The predicted molar refractivity (Wildman–Crippen MR) is 89.5 cm³/mol. The Morgan fingerprint density at radius 3 is 2.67 bits per heavy atom. The van der Waals surface area contributed by atoms with Gasteiger partial charge in [0, 0.05) is 13.1 Å². The minimum absolute atomic E-state index is 0.0159. The molecule has 0 N–H and O–H groups in total. The average molecular weight is 351 g/mol. The summed E-state index contributed by atoms with van der Waals surface area (Å²) in [4.78, 5) is 18.6. The Bertz CT molecular complexity index is 838. The van der Waals surface area contributed by atoms with E-state index in [9.17, 15) is 13.2 Å². The second-order valence-electron chi connectivity index (χ2n) is 5.78. The van der Waals surface area contributed by atoms with Gasteiger partial charge in [0.1, 0.15) is 6.54 Å². The Morgan fingerprint density at radius 1 is 1.25 bits per heavy atom. The molecule has 1 aliphatic heterocycles. The fourth-order valence-corrected chi connectivity index (χ4v) is 4.31. The maximum atomic E-state index is 12.6. The third-order valence-corrected chi connectivity index (χ3v) is 5.84. The molecule has 2 heterocycles. The zero-order chi connectivity index (χ0) is 17.2. The lowest BCUT2D eigenvalue weighted by Gasteiger charge is -2.27. The van der Waals surface area contributed by atoms with E-state index in [0.717, 1.165) is 0 Å². The number of aromatic nitrogens is 2. The molecule has 0 saturated carbocycles. The molecule has 1 aromatic heterocycles. The number of carbonyl (C=O) groups is 1. The summed E-state index contributed by atoms with van der Waals surface area (Å²) in [5, 5.41) is -0.0211. The summed E-state index contributed by atoms with van der Waals surface area (Å²) >= 11 is 0. The lowest BCUT2D eigenvalue weighted by molar-refractivity contribution is -0.135. The molecule has 7 nitrogen and oxygen atoms in total. The third-order valence-electron chi connectivity index (χ3n) is 4.03. The van der Waals surface area contributed by atoms with E-state index in [2.05, 4.69) is 4.98 Å². The second kappa shape index (κ2) is 6.90. The van der Waals surface area contributed by atoms with E-state index >= 15 is 0 Å². The quantitative estimate of drug-likeness (QED) is 0.805. The molecule has 130 valence electrons. The van der Waals surface area contributed by atoms with Crippen LogP contribution in [0.4, 0.5) is 0 Å². The first-order chi connectivity index (χ1) is 11.5. The summed E-state index contributed by atoms with van der Waals surface area (Å²) in [6.45, 7) is 3.86. The molecule has 0 aliphatic carbocycles. The fourth-order valence-electron chi connectivity index (χ4n) is 2.85. The first-order valence-electron chi connectivity index (χ1n) is 8.06. The highest BCUT2D eigenvalue weighted by Gasteiger charge is 2.26. The molecule has 1 aromatic carbocycles. The number of nitrogens with zero attached hydrogens (tertiary/aromatic N) is 3. The van der Waals surface area contributed by atoms with Crippen LogP contribution in [-0.4, -0.2) is 60.8 Å². The molecule has 0 atom stereocenters. The van der Waals surface area contributed by atoms with Crippen molar-refractivity contribution >= 4 is 26.8 Å². The van der Waals surface area contributed by atoms with E-state index in [1.807, 2.05) is 13.0 Å². The Balaban J connectivity index is 2.00. The van der Waals surface area contributed by atoms with Crippen LogP contribution >= 0.6 is 0 Å². The van der Waals surface area contributed by atoms with E-state index < -0.39 is 9.84 Å². The molecule has 0 bridgehead atoms. The van der Waals surface area contributed by atoms with Crippen LogP contribution in [0.2, 0.25) is 0 Å². The van der Waals surface area contributed by atoms with Gasteiger partial charge in [-0.25, -0.2) is 13.4 Å². The molecule has 1 aliphatic rings. The van der Waals surface area contributed by atoms with Crippen molar-refractivity contribution in [2.75, 3.05) is 32.1 Å². The van der Waals surface area contributed by atoms with E-state index in [1.54, 1.807) is 23.1 Å². The Kier molecular flexibility index (Phi) is 4.86. The van der Waals surface area contributed by atoms with Crippen LogP contribution in [0.25, 0.3) is 11.0 Å². The first kappa shape index (κ1) is 16.9. The van der Waals surface area contributed by atoms with Crippen molar-refractivity contribution in [2.45, 2.75) is 25.0 Å². The Morgan fingerprint density at radius 2 is 1.96 bits per heavy atom. The summed E-state index contributed by atoms with van der Waals surface area (Å²) < 4.78 is 31.9. The van der Waals surface area contributed by atoms with Crippen molar-refractivity contribution in [3.05, 3.63) is 24.3 Å². The minimum Gasteiger partial charge on any atom is -0.378 e. The van der Waals surface area contributed by atoms with Crippen molar-refractivity contribution in [2.24, 2.45) is 0 Å². The number of hydrogen-bond donors (Lipinski definition) is 0. The van der Waals surface area contributed by atoms with Gasteiger partial charge in [-0.2, -0.15) is 0 Å². The second-order valence-corrected chi connectivity index (χ2v) is 7.78. The molecule has 24 heavy (non-hydrogen) atoms. The van der Waals surface area contributed by atoms with E-state index in [1.165, 1.54) is 4.57 Å². The number of rotatable bonds is 5. The van der Waals surface area contributed by atoms with Gasteiger partial charge in [0.15, 0.2) is 0 Å². The highest BCUT2D eigenvalue weighted by atomic mass is 32.2. The lowest BCUT2D eigenvalue weighted by Crippen LogP contribution is -2.42. The minimum atomic E-state index is -3.52. The van der Waals surface area contributed by atoms with Crippen LogP contribution in [0.15, 0.2) is 29.4 Å². The molecule has 0 spiro atoms. The van der Waals surface area contributed by atoms with Crippen LogP contribution in [-0.2, 0) is 25.9 Å². The van der Waals surface area contributed by atoms with E-state index in [4.69, 9.17) is 4.74 Å². The summed E-state index contributed by atoms with van der Waals surface area (Å²) in [6, 6.07) is 7.17. The highest BCUT2D eigenvalue weighted by molar-refractivity contribution is 7.91. The van der Waals surface area contributed by atoms with E-state index in [0.29, 0.717) is 43.8 Å². The Labute approximate surface area is 141 Å². The SMILES string of the molecule is CCCS(=O)(=O)c1nc2ccccc2n1CC(=O)N1CCOCC1. The number of imidazole rings is 1. The van der Waals surface area contributed by atoms with E-state index in [-0.39, 0.29) is 23.4 Å². The highest BCUT2D eigenvalue weighted by Crippen LogP contribution is 2.21. The van der Waals surface area contributed by atoms with Crippen LogP contribution in [0.5, 0.6) is 0 Å². The summed E-state index contributed by atoms with van der Waals surface area (Å²) in [5.74, 6) is -0.100. The van der Waals surface area contributed by atoms with Crippen molar-refractivity contribution in [3.8, 4) is 0 Å². The number of hydrogen-bond acceptors (Lipinski definition) is 5. The standard InChI is InChI=1S/C16H21N3O4S/c1-2-11-24(21,22)16-17-13-5-3-4-6-14(13)19(16)12-15(20)18-7-9-23-10-8-18/h3-6H,2,7-12H2,1H3. The zero-order valence-electron chi connectivity index (χ0n) is 13.6. The number of fused-ring (bicyclic) bond motifs is 1. The summed E-state index contributed by atoms with van der Waals surface area (Å²) in [5.41, 5.74) is 1.25. The molecule has 1 fully saturated rings. The fraction of sp³-hybridized carbons (Fsp3) is 0.500. The first-order valence-corrected chi connectivity index (χ1v) is 9.71. The van der Waals surface area contributed by atoms with Gasteiger partial charge in [-0.15, -0.1) is 0 Å². The molecule has 0 radical (unpaired) electrons. The largest absolute Gasteiger partial charge is 0.378 e. The monoisotopic (exact) mass is 351 g/mol. The normalized spacial score (nSPS) is 15.8. The maximum absolute atomic E-state index is 12.6. The van der Waals surface area contributed by atoms with Crippen LogP contribution in [0, 0.1) is 0 Å². The molecule has 1 amide bonds. The van der Waals surface area contributed by atoms with Gasteiger partial charge in [-0.05, 0) is 18.6 Å². The third kappa shape index (κ3) is 3.29. The molecule has 1 saturated heterocycles. The number of amides is 1. The van der Waals surface area contributed by atoms with Gasteiger partial charge >= 0.3 is 0 Å². The topological polar surface area (TPSA) is 81.5 Å². The van der Waals surface area contributed by atoms with Crippen molar-refractivity contribution in [3.63, 3.8) is 0 Å². The van der Waals surface area contributed by atoms with Crippen molar-refractivity contribution in [1.82, 2.24) is 14.5 Å². The van der Waals surface area contributed by atoms with Crippen molar-refractivity contribution < 1.29 is 17.9 Å². The molecule has 3 rings (SSSR count). The van der Waals surface area contributed by atoms with Gasteiger partial charge in [0.2, 0.25) is 20.9 Å². The van der Waals surface area contributed by atoms with Crippen molar-refractivity contribution in [1.29, 1.82) is 0 Å². The van der Waals surface area contributed by atoms with Gasteiger partial charge in [-0.1, -0.05) is 19.1 Å². The molecular formula is C16H21N3O4S.